The van der Waals surface area contributed by atoms with Crippen LogP contribution in [0.2, 0.25) is 0 Å². The van der Waals surface area contributed by atoms with Gasteiger partial charge in [0.1, 0.15) is 0 Å². The summed E-state index contributed by atoms with van der Waals surface area (Å²) in [4.78, 5) is 2.92. The molecule has 1 heterocycles. The van der Waals surface area contributed by atoms with Gasteiger partial charge in [0, 0.05) is 10.7 Å². The van der Waals surface area contributed by atoms with E-state index in [4.69, 9.17) is 12.2 Å². The van der Waals surface area contributed by atoms with E-state index in [-0.39, 0.29) is 0 Å². The zero-order valence-electron chi connectivity index (χ0n) is 4.02. The second kappa shape index (κ2) is 2.42. The highest BCUT2D eigenvalue weighted by atomic mass is 79.9. The van der Waals surface area contributed by atoms with Crippen LogP contribution >= 0.6 is 28.1 Å². The monoisotopic (exact) mass is 189 g/mol. The van der Waals surface area contributed by atoms with Crippen LogP contribution in [0.15, 0.2) is 22.9 Å². The number of nitrogens with one attached hydrogen (secondary N) is 1. The van der Waals surface area contributed by atoms with Crippen molar-refractivity contribution in [2.24, 2.45) is 0 Å². The highest BCUT2D eigenvalue weighted by molar-refractivity contribution is 9.10. The summed E-state index contributed by atoms with van der Waals surface area (Å²) in [7, 11) is 0. The first-order valence-electron chi connectivity index (χ1n) is 2.13. The molecule has 0 spiro atoms. The first kappa shape index (κ1) is 5.98. The maximum absolute atomic E-state index is 4.85. The van der Waals surface area contributed by atoms with E-state index in [0.29, 0.717) is 0 Å². The first-order chi connectivity index (χ1) is 3.79. The van der Waals surface area contributed by atoms with Crippen LogP contribution in [0.25, 0.3) is 0 Å². The molecule has 3 heteroatoms. The predicted molar refractivity (Wildman–Crippen MR) is 39.3 cm³/mol. The van der Waals surface area contributed by atoms with Gasteiger partial charge in [-0.25, -0.2) is 0 Å². The third kappa shape index (κ3) is 1.42. The molecule has 0 aliphatic carbocycles. The Morgan fingerprint density at radius 1 is 1.62 bits per heavy atom. The van der Waals surface area contributed by atoms with E-state index in [1.807, 2.05) is 12.1 Å². The van der Waals surface area contributed by atoms with Gasteiger partial charge in [-0.1, -0.05) is 12.2 Å². The Bertz CT molecular complexity index is 230. The molecule has 0 bridgehead atoms. The van der Waals surface area contributed by atoms with Crippen LogP contribution in [0.5, 0.6) is 0 Å². The Kier molecular flexibility index (Phi) is 1.81. The molecular weight excluding hydrogens is 186 g/mol. The van der Waals surface area contributed by atoms with Crippen molar-refractivity contribution >= 4 is 28.1 Å². The molecule has 8 heavy (non-hydrogen) atoms. The van der Waals surface area contributed by atoms with Crippen LogP contribution < -0.4 is 0 Å². The van der Waals surface area contributed by atoms with Gasteiger partial charge in [0.2, 0.25) is 0 Å². The maximum Gasteiger partial charge on any atom is 0.0833 e. The van der Waals surface area contributed by atoms with Gasteiger partial charge in [-0.3, -0.25) is 0 Å². The molecule has 1 aromatic heterocycles. The number of rotatable bonds is 0. The molecule has 0 atom stereocenters. The van der Waals surface area contributed by atoms with Gasteiger partial charge >= 0.3 is 0 Å². The van der Waals surface area contributed by atoms with E-state index in [2.05, 4.69) is 20.9 Å². The summed E-state index contributed by atoms with van der Waals surface area (Å²) >= 11 is 8.09. The molecule has 0 saturated heterocycles. The Labute approximate surface area is 60.9 Å². The number of aromatic nitrogens is 1. The fourth-order valence-electron chi connectivity index (χ4n) is 0.418. The fourth-order valence-corrected chi connectivity index (χ4v) is 1.13. The molecule has 0 aliphatic rings. The fraction of sp³-hybridized carbons (Fsp3) is 0. The van der Waals surface area contributed by atoms with Gasteiger partial charge < -0.3 is 4.98 Å². The Morgan fingerprint density at radius 2 is 2.38 bits per heavy atom. The topological polar surface area (TPSA) is 15.8 Å². The average molecular weight is 190 g/mol. The lowest BCUT2D eigenvalue weighted by Crippen LogP contribution is -1.69. The number of H-pyrrole nitrogens is 1. The summed E-state index contributed by atoms with van der Waals surface area (Å²) in [6.45, 7) is 0. The van der Waals surface area contributed by atoms with Crippen LogP contribution in [0.1, 0.15) is 0 Å². The van der Waals surface area contributed by atoms with E-state index < -0.39 is 0 Å². The van der Waals surface area contributed by atoms with Crippen LogP contribution in [-0.2, 0) is 0 Å². The second-order valence-electron chi connectivity index (χ2n) is 1.37. The van der Waals surface area contributed by atoms with E-state index in [0.717, 1.165) is 9.11 Å². The van der Waals surface area contributed by atoms with Crippen molar-refractivity contribution in [3.05, 3.63) is 27.4 Å². The lowest BCUT2D eigenvalue weighted by atomic mass is 10.5. The molecule has 0 aromatic carbocycles. The molecule has 1 rings (SSSR count). The van der Waals surface area contributed by atoms with Gasteiger partial charge in [-0.05, 0) is 28.1 Å². The SMILES string of the molecule is S=c1cc[nH]c(Br)c1. The van der Waals surface area contributed by atoms with Gasteiger partial charge in [0.25, 0.3) is 0 Å². The molecule has 1 N–H and O–H groups in total. The Balaban J connectivity index is 3.28. The van der Waals surface area contributed by atoms with Crippen molar-refractivity contribution in [2.75, 3.05) is 0 Å². The van der Waals surface area contributed by atoms with Crippen molar-refractivity contribution < 1.29 is 0 Å². The van der Waals surface area contributed by atoms with E-state index >= 15 is 0 Å². The molecular formula is C5H4BrNS. The quantitative estimate of drug-likeness (QED) is 0.490. The van der Waals surface area contributed by atoms with Crippen molar-refractivity contribution in [3.63, 3.8) is 0 Å². The van der Waals surface area contributed by atoms with Crippen LogP contribution in [0.3, 0.4) is 0 Å². The zero-order chi connectivity index (χ0) is 5.98. The van der Waals surface area contributed by atoms with E-state index in [1.165, 1.54) is 0 Å². The molecule has 0 unspecified atom stereocenters. The summed E-state index contributed by atoms with van der Waals surface area (Å²) in [5.74, 6) is 0. The smallest absolute Gasteiger partial charge is 0.0833 e. The number of halogens is 1. The molecule has 0 radical (unpaired) electrons. The van der Waals surface area contributed by atoms with E-state index in [1.54, 1.807) is 6.20 Å². The lowest BCUT2D eigenvalue weighted by Gasteiger charge is -1.84. The standard InChI is InChI=1S/C5H4BrNS/c6-5-3-4(8)1-2-7-5/h1-3H,(H,7,8). The van der Waals surface area contributed by atoms with Gasteiger partial charge in [0.15, 0.2) is 0 Å². The highest BCUT2D eigenvalue weighted by Crippen LogP contribution is 2.02. The Hall–Kier alpha value is -0.150. The third-order valence-electron chi connectivity index (χ3n) is 0.738. The first-order valence-corrected chi connectivity index (χ1v) is 3.33. The molecule has 1 nitrogen and oxygen atoms in total. The third-order valence-corrected chi connectivity index (χ3v) is 1.45. The lowest BCUT2D eigenvalue weighted by molar-refractivity contribution is 1.27. The number of pyridine rings is 1. The van der Waals surface area contributed by atoms with Crippen molar-refractivity contribution in [2.45, 2.75) is 0 Å². The minimum absolute atomic E-state index is 0.843. The molecule has 42 valence electrons. The van der Waals surface area contributed by atoms with Gasteiger partial charge in [-0.15, -0.1) is 0 Å². The van der Waals surface area contributed by atoms with Crippen molar-refractivity contribution in [1.82, 2.24) is 4.98 Å². The minimum Gasteiger partial charge on any atom is -0.356 e. The highest BCUT2D eigenvalue weighted by Gasteiger charge is 1.79. The maximum atomic E-state index is 4.85. The predicted octanol–water partition coefficient (Wildman–Crippen LogP) is 2.51. The average Bonchev–Trinajstić information content (AvgIpc) is 1.64. The van der Waals surface area contributed by atoms with Gasteiger partial charge in [0.05, 0.1) is 4.60 Å². The largest absolute Gasteiger partial charge is 0.356 e. The molecule has 0 aliphatic heterocycles. The van der Waals surface area contributed by atoms with Crippen LogP contribution in [0, 0.1) is 4.51 Å². The summed E-state index contributed by atoms with van der Waals surface area (Å²) in [6.07, 6.45) is 1.80. The molecule has 0 fully saturated rings. The normalized spacial score (nSPS) is 9.12. The minimum atomic E-state index is 0.843. The molecule has 1 aromatic rings. The number of aromatic amines is 1. The summed E-state index contributed by atoms with van der Waals surface area (Å²) in [6, 6.07) is 3.68. The number of hydrogen-bond donors (Lipinski definition) is 1. The van der Waals surface area contributed by atoms with Crippen LogP contribution in [0.4, 0.5) is 0 Å². The van der Waals surface area contributed by atoms with Crippen LogP contribution in [-0.4, -0.2) is 4.98 Å². The van der Waals surface area contributed by atoms with Gasteiger partial charge in [-0.2, -0.15) is 0 Å². The van der Waals surface area contributed by atoms with Crippen molar-refractivity contribution in [3.8, 4) is 0 Å². The summed E-state index contributed by atoms with van der Waals surface area (Å²) in [5.41, 5.74) is 0. The summed E-state index contributed by atoms with van der Waals surface area (Å²) in [5, 5.41) is 0. The second-order valence-corrected chi connectivity index (χ2v) is 2.70. The Morgan fingerprint density at radius 3 is 2.75 bits per heavy atom. The van der Waals surface area contributed by atoms with E-state index in [9.17, 15) is 0 Å². The summed E-state index contributed by atoms with van der Waals surface area (Å²) < 4.78 is 1.76. The number of hydrogen-bond acceptors (Lipinski definition) is 1. The molecule has 0 amide bonds. The zero-order valence-corrected chi connectivity index (χ0v) is 6.42. The van der Waals surface area contributed by atoms with Crippen molar-refractivity contribution in [1.29, 1.82) is 0 Å². The molecule has 0 saturated carbocycles.